The minimum absolute atomic E-state index is 0.0791. The Labute approximate surface area is 452 Å². The van der Waals surface area contributed by atoms with Crippen molar-refractivity contribution < 1.29 is 28.6 Å². The van der Waals surface area contributed by atoms with Crippen molar-refractivity contribution in [3.63, 3.8) is 0 Å². The maximum atomic E-state index is 12.8. The highest BCUT2D eigenvalue weighted by Gasteiger charge is 2.19. The number of rotatable bonds is 56. The van der Waals surface area contributed by atoms with E-state index in [0.29, 0.717) is 19.3 Å². The summed E-state index contributed by atoms with van der Waals surface area (Å²) < 4.78 is 16.9. The van der Waals surface area contributed by atoms with Crippen molar-refractivity contribution in [3.05, 3.63) is 85.1 Å². The van der Waals surface area contributed by atoms with Crippen LogP contribution in [0.5, 0.6) is 0 Å². The molecule has 0 spiro atoms. The highest BCUT2D eigenvalue weighted by Crippen LogP contribution is 2.16. The molecule has 1 unspecified atom stereocenters. The lowest BCUT2D eigenvalue weighted by atomic mass is 10.0. The standard InChI is InChI=1S/C67H116O6/c1-4-7-10-13-16-19-22-24-26-28-29-30-31-32-33-34-35-36-37-38-39-40-42-43-45-48-51-54-57-60-66(69)72-63-64(62-71-65(68)59-56-53-50-47-21-18-15-12-9-6-3)73-67(70)61-58-55-52-49-46-44-41-27-25-23-20-17-14-11-8-5-2/h7,10,16,19-20,23-24,26-27,29-30,32-33,41,64H,4-6,8-9,11-15,17-18,21-22,25,28,31,34-40,42-63H2,1-3H3/b10-7-,19-16-,23-20-,26-24-,30-29-,33-32-,41-27-. The van der Waals surface area contributed by atoms with Gasteiger partial charge in [-0.25, -0.2) is 0 Å². The number of ether oxygens (including phenoxy) is 3. The average molecular weight is 1020 g/mol. The van der Waals surface area contributed by atoms with Gasteiger partial charge in [0.05, 0.1) is 0 Å². The van der Waals surface area contributed by atoms with Gasteiger partial charge in [-0.15, -0.1) is 0 Å². The zero-order valence-electron chi connectivity index (χ0n) is 48.1. The number of hydrogen-bond acceptors (Lipinski definition) is 6. The van der Waals surface area contributed by atoms with Crippen LogP contribution in [0.4, 0.5) is 0 Å². The summed E-state index contributed by atoms with van der Waals surface area (Å²) in [5.74, 6) is -0.886. The van der Waals surface area contributed by atoms with Crippen LogP contribution in [0.25, 0.3) is 0 Å². The van der Waals surface area contributed by atoms with Crippen molar-refractivity contribution >= 4 is 17.9 Å². The molecule has 73 heavy (non-hydrogen) atoms. The van der Waals surface area contributed by atoms with Gasteiger partial charge in [-0.2, -0.15) is 0 Å². The molecule has 0 aromatic rings. The smallest absolute Gasteiger partial charge is 0.306 e. The number of carbonyl (C=O) groups excluding carboxylic acids is 3. The molecule has 0 bridgehead atoms. The summed E-state index contributed by atoms with van der Waals surface area (Å²) in [5, 5.41) is 0. The lowest BCUT2D eigenvalue weighted by Crippen LogP contribution is -2.30. The van der Waals surface area contributed by atoms with Crippen molar-refractivity contribution in [3.8, 4) is 0 Å². The quantitative estimate of drug-likeness (QED) is 0.0261. The molecule has 0 aromatic carbocycles. The normalized spacial score (nSPS) is 12.6. The third-order valence-electron chi connectivity index (χ3n) is 13.4. The van der Waals surface area contributed by atoms with Crippen LogP contribution >= 0.6 is 0 Å². The molecule has 0 aliphatic heterocycles. The molecule has 1 atom stereocenters. The summed E-state index contributed by atoms with van der Waals surface area (Å²) in [6, 6.07) is 0. The molecule has 0 aliphatic rings. The van der Waals surface area contributed by atoms with E-state index >= 15 is 0 Å². The number of esters is 3. The fraction of sp³-hybridized carbons (Fsp3) is 0.746. The Balaban J connectivity index is 4.20. The highest BCUT2D eigenvalue weighted by atomic mass is 16.6. The Bertz CT molecular complexity index is 1400. The molecule has 0 saturated carbocycles. The summed E-state index contributed by atoms with van der Waals surface area (Å²) >= 11 is 0. The number of carbonyl (C=O) groups is 3. The third-order valence-corrected chi connectivity index (χ3v) is 13.4. The molecule has 0 fully saturated rings. The van der Waals surface area contributed by atoms with Crippen molar-refractivity contribution in [2.75, 3.05) is 13.2 Å². The third kappa shape index (κ3) is 59.3. The first-order valence-corrected chi connectivity index (χ1v) is 31.1. The van der Waals surface area contributed by atoms with Crippen molar-refractivity contribution in [1.82, 2.24) is 0 Å². The molecule has 0 aliphatic carbocycles. The van der Waals surface area contributed by atoms with E-state index in [-0.39, 0.29) is 31.1 Å². The van der Waals surface area contributed by atoms with Gasteiger partial charge in [0.1, 0.15) is 13.2 Å². The Morgan fingerprint density at radius 1 is 0.288 bits per heavy atom. The van der Waals surface area contributed by atoms with Crippen LogP contribution in [0, 0.1) is 0 Å². The lowest BCUT2D eigenvalue weighted by Gasteiger charge is -2.18. The molecule has 0 radical (unpaired) electrons. The predicted molar refractivity (Wildman–Crippen MR) is 316 cm³/mol. The molecule has 0 N–H and O–H groups in total. The lowest BCUT2D eigenvalue weighted by molar-refractivity contribution is -0.167. The number of hydrogen-bond donors (Lipinski definition) is 0. The van der Waals surface area contributed by atoms with Crippen LogP contribution in [0.2, 0.25) is 0 Å². The van der Waals surface area contributed by atoms with Crippen molar-refractivity contribution in [2.24, 2.45) is 0 Å². The van der Waals surface area contributed by atoms with Gasteiger partial charge in [-0.05, 0) is 96.3 Å². The topological polar surface area (TPSA) is 78.9 Å². The van der Waals surface area contributed by atoms with E-state index in [2.05, 4.69) is 106 Å². The predicted octanol–water partition coefficient (Wildman–Crippen LogP) is 21.1. The highest BCUT2D eigenvalue weighted by molar-refractivity contribution is 5.71. The molecule has 0 saturated heterocycles. The summed E-state index contributed by atoms with van der Waals surface area (Å²) in [4.78, 5) is 38.1. The van der Waals surface area contributed by atoms with E-state index in [1.54, 1.807) is 0 Å². The molecule has 6 heteroatoms. The number of allylic oxidation sites excluding steroid dienone is 14. The SMILES string of the molecule is CC/C=C\C/C=C\C/C=C\C/C=C\C/C=C\CCCCCCCCCCCCCCCC(=O)OCC(COC(=O)CCCCCCCCCCCC)OC(=O)CCCCCCC/C=C\C/C=C\CCCCCC. The first-order valence-electron chi connectivity index (χ1n) is 31.1. The van der Waals surface area contributed by atoms with Crippen LogP contribution in [-0.2, 0) is 28.6 Å². The number of unbranched alkanes of at least 4 members (excludes halogenated alkanes) is 31. The minimum Gasteiger partial charge on any atom is -0.462 e. The average Bonchev–Trinajstić information content (AvgIpc) is 3.39. The summed E-state index contributed by atoms with van der Waals surface area (Å²) in [7, 11) is 0. The second-order valence-corrected chi connectivity index (χ2v) is 20.6. The fourth-order valence-corrected chi connectivity index (χ4v) is 8.74. The van der Waals surface area contributed by atoms with Gasteiger partial charge in [0.2, 0.25) is 0 Å². The van der Waals surface area contributed by atoms with Gasteiger partial charge in [-0.3, -0.25) is 14.4 Å². The first-order chi connectivity index (χ1) is 36.0. The van der Waals surface area contributed by atoms with Crippen molar-refractivity contribution in [2.45, 2.75) is 309 Å². The molecule has 0 amide bonds. The minimum atomic E-state index is -0.781. The van der Waals surface area contributed by atoms with Gasteiger partial charge in [-0.1, -0.05) is 273 Å². The summed E-state index contributed by atoms with van der Waals surface area (Å²) in [6.07, 6.45) is 80.2. The van der Waals surface area contributed by atoms with E-state index in [1.807, 2.05) is 0 Å². The second kappa shape index (κ2) is 61.1. The first kappa shape index (κ1) is 69.6. The second-order valence-electron chi connectivity index (χ2n) is 20.6. The Morgan fingerprint density at radius 2 is 0.534 bits per heavy atom. The Morgan fingerprint density at radius 3 is 0.849 bits per heavy atom. The van der Waals surface area contributed by atoms with Crippen LogP contribution in [0.3, 0.4) is 0 Å². The zero-order valence-corrected chi connectivity index (χ0v) is 48.1. The van der Waals surface area contributed by atoms with E-state index < -0.39 is 6.10 Å². The molecule has 420 valence electrons. The van der Waals surface area contributed by atoms with Gasteiger partial charge in [0.15, 0.2) is 6.10 Å². The summed E-state index contributed by atoms with van der Waals surface area (Å²) in [6.45, 7) is 6.51. The molecule has 0 aromatic heterocycles. The van der Waals surface area contributed by atoms with Crippen molar-refractivity contribution in [1.29, 1.82) is 0 Å². The summed E-state index contributed by atoms with van der Waals surface area (Å²) in [5.41, 5.74) is 0. The maximum Gasteiger partial charge on any atom is 0.306 e. The molecule has 6 nitrogen and oxygen atoms in total. The fourth-order valence-electron chi connectivity index (χ4n) is 8.74. The molecule has 0 rings (SSSR count). The van der Waals surface area contributed by atoms with Crippen LogP contribution < -0.4 is 0 Å². The largest absolute Gasteiger partial charge is 0.462 e. The molecular formula is C67H116O6. The zero-order chi connectivity index (χ0) is 52.9. The van der Waals surface area contributed by atoms with Crippen LogP contribution in [0.15, 0.2) is 85.1 Å². The van der Waals surface area contributed by atoms with Gasteiger partial charge >= 0.3 is 17.9 Å². The van der Waals surface area contributed by atoms with Gasteiger partial charge < -0.3 is 14.2 Å². The maximum absolute atomic E-state index is 12.8. The van der Waals surface area contributed by atoms with E-state index in [0.717, 1.165) is 116 Å². The van der Waals surface area contributed by atoms with E-state index in [4.69, 9.17) is 14.2 Å². The van der Waals surface area contributed by atoms with Gasteiger partial charge in [0, 0.05) is 19.3 Å². The van der Waals surface area contributed by atoms with Crippen LogP contribution in [0.1, 0.15) is 303 Å². The monoisotopic (exact) mass is 1020 g/mol. The molecular weight excluding hydrogens is 901 g/mol. The Hall–Kier alpha value is -3.41. The Kier molecular flexibility index (Phi) is 58.3. The van der Waals surface area contributed by atoms with E-state index in [9.17, 15) is 14.4 Å². The van der Waals surface area contributed by atoms with Crippen LogP contribution in [-0.4, -0.2) is 37.2 Å². The molecule has 0 heterocycles. The van der Waals surface area contributed by atoms with Gasteiger partial charge in [0.25, 0.3) is 0 Å². The van der Waals surface area contributed by atoms with E-state index in [1.165, 1.54) is 148 Å².